The van der Waals surface area contributed by atoms with Crippen molar-refractivity contribution in [2.24, 2.45) is 0 Å². The van der Waals surface area contributed by atoms with Gasteiger partial charge in [0.1, 0.15) is 10.4 Å². The third kappa shape index (κ3) is 3.30. The van der Waals surface area contributed by atoms with Gasteiger partial charge in [0.05, 0.1) is 0 Å². The summed E-state index contributed by atoms with van der Waals surface area (Å²) in [7, 11) is 0. The minimum absolute atomic E-state index is 0.169. The summed E-state index contributed by atoms with van der Waals surface area (Å²) in [4.78, 5) is 4.19. The van der Waals surface area contributed by atoms with E-state index < -0.39 is 0 Å². The summed E-state index contributed by atoms with van der Waals surface area (Å²) >= 11 is 4.78. The van der Waals surface area contributed by atoms with Gasteiger partial charge >= 0.3 is 0 Å². The van der Waals surface area contributed by atoms with Gasteiger partial charge < -0.3 is 4.74 Å². The van der Waals surface area contributed by atoms with Crippen LogP contribution in [0, 0.1) is 0 Å². The number of thiazole rings is 1. The molecule has 0 aliphatic heterocycles. The zero-order valence-corrected chi connectivity index (χ0v) is 12.4. The fourth-order valence-corrected chi connectivity index (χ4v) is 2.51. The molecule has 4 heteroatoms. The Morgan fingerprint density at radius 1 is 1.18 bits per heavy atom. The third-order valence-corrected chi connectivity index (χ3v) is 3.81. The lowest BCUT2D eigenvalue weighted by Crippen LogP contribution is -2.10. The van der Waals surface area contributed by atoms with Crippen molar-refractivity contribution in [3.8, 4) is 10.9 Å². The molecule has 0 bridgehead atoms. The number of ether oxygens (including phenoxy) is 1. The number of benzene rings is 1. The minimum atomic E-state index is 0.169. The number of rotatable bonds is 2. The topological polar surface area (TPSA) is 22.1 Å². The maximum Gasteiger partial charge on any atom is 0.279 e. The molecular formula is C13H14BrNOS. The van der Waals surface area contributed by atoms with Crippen molar-refractivity contribution in [2.45, 2.75) is 26.2 Å². The van der Waals surface area contributed by atoms with Gasteiger partial charge in [-0.2, -0.15) is 4.98 Å². The van der Waals surface area contributed by atoms with E-state index in [4.69, 9.17) is 4.74 Å². The fraction of sp³-hybridized carbons (Fsp3) is 0.308. The predicted octanol–water partition coefficient (Wildman–Crippen LogP) is 5.00. The third-order valence-electron chi connectivity index (χ3n) is 2.38. The Labute approximate surface area is 114 Å². The molecule has 90 valence electrons. The zero-order chi connectivity index (χ0) is 12.5. The van der Waals surface area contributed by atoms with Crippen molar-refractivity contribution in [1.29, 1.82) is 0 Å². The molecule has 0 radical (unpaired) electrons. The maximum absolute atomic E-state index is 5.64. The molecule has 1 aromatic heterocycles. The average molecular weight is 312 g/mol. The summed E-state index contributed by atoms with van der Waals surface area (Å²) in [5, 5.41) is 2.55. The summed E-state index contributed by atoms with van der Waals surface area (Å²) < 4.78 is 6.45. The molecule has 17 heavy (non-hydrogen) atoms. The summed E-state index contributed by atoms with van der Waals surface area (Å²) in [6.07, 6.45) is 0. The molecule has 0 unspecified atom stereocenters. The van der Waals surface area contributed by atoms with Gasteiger partial charge in [-0.1, -0.05) is 44.2 Å². The second kappa shape index (κ2) is 4.78. The van der Waals surface area contributed by atoms with E-state index in [2.05, 4.69) is 53.8 Å². The highest BCUT2D eigenvalue weighted by atomic mass is 79.9. The molecule has 0 amide bonds. The van der Waals surface area contributed by atoms with E-state index in [-0.39, 0.29) is 5.41 Å². The van der Waals surface area contributed by atoms with E-state index in [0.29, 0.717) is 5.19 Å². The first kappa shape index (κ1) is 12.6. The lowest BCUT2D eigenvalue weighted by Gasteiger charge is -2.18. The molecule has 1 aromatic carbocycles. The molecule has 0 saturated heterocycles. The van der Waals surface area contributed by atoms with Crippen LogP contribution in [0.5, 0.6) is 10.9 Å². The van der Waals surface area contributed by atoms with Gasteiger partial charge in [0.2, 0.25) is 0 Å². The number of nitrogens with zero attached hydrogens (tertiary/aromatic N) is 1. The first-order chi connectivity index (χ1) is 7.95. The first-order valence-electron chi connectivity index (χ1n) is 5.34. The normalized spacial score (nSPS) is 11.5. The Hall–Kier alpha value is -0.870. The zero-order valence-electron chi connectivity index (χ0n) is 10.0. The molecule has 0 N–H and O–H groups in total. The Morgan fingerprint density at radius 2 is 1.82 bits per heavy atom. The second-order valence-electron chi connectivity index (χ2n) is 4.81. The van der Waals surface area contributed by atoms with Crippen molar-refractivity contribution >= 4 is 27.3 Å². The van der Waals surface area contributed by atoms with Crippen LogP contribution in [0.2, 0.25) is 0 Å². The van der Waals surface area contributed by atoms with Crippen LogP contribution in [0.1, 0.15) is 26.3 Å². The van der Waals surface area contributed by atoms with Gasteiger partial charge in [0.25, 0.3) is 5.19 Å². The van der Waals surface area contributed by atoms with Crippen molar-refractivity contribution in [1.82, 2.24) is 4.98 Å². The highest BCUT2D eigenvalue weighted by Gasteiger charge is 2.13. The SMILES string of the molecule is CC(C)(C)c1ccc(Oc2nc(Br)cs2)cc1. The number of halogens is 1. The first-order valence-corrected chi connectivity index (χ1v) is 7.02. The van der Waals surface area contributed by atoms with Gasteiger partial charge in [0.15, 0.2) is 0 Å². The van der Waals surface area contributed by atoms with Gasteiger partial charge in [-0.3, -0.25) is 0 Å². The molecule has 2 aromatic rings. The summed E-state index contributed by atoms with van der Waals surface area (Å²) in [6, 6.07) is 8.15. The average Bonchev–Trinajstić information content (AvgIpc) is 2.63. The van der Waals surface area contributed by atoms with Crippen LogP contribution < -0.4 is 4.74 Å². The van der Waals surface area contributed by atoms with Crippen LogP contribution in [-0.2, 0) is 5.41 Å². The van der Waals surface area contributed by atoms with Crippen LogP contribution in [0.4, 0.5) is 0 Å². The quantitative estimate of drug-likeness (QED) is 0.779. The molecule has 1 heterocycles. The molecule has 0 saturated carbocycles. The molecule has 0 aliphatic rings. The lowest BCUT2D eigenvalue weighted by atomic mass is 9.87. The van der Waals surface area contributed by atoms with Gasteiger partial charge in [-0.15, -0.1) is 0 Å². The van der Waals surface area contributed by atoms with Crippen molar-refractivity contribution in [3.05, 3.63) is 39.8 Å². The van der Waals surface area contributed by atoms with Crippen molar-refractivity contribution in [3.63, 3.8) is 0 Å². The predicted molar refractivity (Wildman–Crippen MR) is 75.0 cm³/mol. The van der Waals surface area contributed by atoms with E-state index in [1.54, 1.807) is 0 Å². The summed E-state index contributed by atoms with van der Waals surface area (Å²) in [5.41, 5.74) is 1.47. The molecular weight excluding hydrogens is 298 g/mol. The van der Waals surface area contributed by atoms with Gasteiger partial charge in [-0.05, 0) is 39.0 Å². The Balaban J connectivity index is 2.13. The molecule has 0 spiro atoms. The van der Waals surface area contributed by atoms with Crippen LogP contribution >= 0.6 is 27.3 Å². The van der Waals surface area contributed by atoms with Gasteiger partial charge in [-0.25, -0.2) is 0 Å². The minimum Gasteiger partial charge on any atom is -0.431 e. The van der Waals surface area contributed by atoms with Gasteiger partial charge in [0, 0.05) is 5.38 Å². The van der Waals surface area contributed by atoms with E-state index >= 15 is 0 Å². The Bertz CT molecular complexity index is 499. The number of hydrogen-bond donors (Lipinski definition) is 0. The van der Waals surface area contributed by atoms with Crippen LogP contribution in [0.25, 0.3) is 0 Å². The highest BCUT2D eigenvalue weighted by Crippen LogP contribution is 2.29. The largest absolute Gasteiger partial charge is 0.431 e. The number of hydrogen-bond acceptors (Lipinski definition) is 3. The number of aromatic nitrogens is 1. The second-order valence-corrected chi connectivity index (χ2v) is 6.45. The molecule has 0 atom stereocenters. The van der Waals surface area contributed by atoms with E-state index in [1.807, 2.05) is 17.5 Å². The smallest absolute Gasteiger partial charge is 0.279 e. The standard InChI is InChI=1S/C13H14BrNOS/c1-13(2,3)9-4-6-10(7-5-9)16-12-15-11(14)8-17-12/h4-8H,1-3H3. The molecule has 0 aliphatic carbocycles. The Kier molecular flexibility index (Phi) is 3.54. The maximum atomic E-state index is 5.64. The summed E-state index contributed by atoms with van der Waals surface area (Å²) in [6.45, 7) is 6.59. The molecule has 0 fully saturated rings. The van der Waals surface area contributed by atoms with E-state index in [0.717, 1.165) is 10.4 Å². The van der Waals surface area contributed by atoms with Crippen molar-refractivity contribution < 1.29 is 4.74 Å². The van der Waals surface area contributed by atoms with E-state index in [9.17, 15) is 0 Å². The summed E-state index contributed by atoms with van der Waals surface area (Å²) in [5.74, 6) is 0.819. The van der Waals surface area contributed by atoms with Crippen molar-refractivity contribution in [2.75, 3.05) is 0 Å². The highest BCUT2D eigenvalue weighted by molar-refractivity contribution is 9.10. The van der Waals surface area contributed by atoms with E-state index in [1.165, 1.54) is 16.9 Å². The van der Waals surface area contributed by atoms with Crippen LogP contribution in [0.15, 0.2) is 34.2 Å². The Morgan fingerprint density at radius 3 is 2.29 bits per heavy atom. The molecule has 2 nitrogen and oxygen atoms in total. The monoisotopic (exact) mass is 311 g/mol. The lowest BCUT2D eigenvalue weighted by molar-refractivity contribution is 0.477. The van der Waals surface area contributed by atoms with Crippen LogP contribution in [0.3, 0.4) is 0 Å². The van der Waals surface area contributed by atoms with Crippen LogP contribution in [-0.4, -0.2) is 4.98 Å². The molecule has 2 rings (SSSR count). The fourth-order valence-electron chi connectivity index (χ4n) is 1.41.